The lowest BCUT2D eigenvalue weighted by atomic mass is 10.1. The predicted octanol–water partition coefficient (Wildman–Crippen LogP) is 2.73. The summed E-state index contributed by atoms with van der Waals surface area (Å²) in [7, 11) is 0. The second-order valence-electron chi connectivity index (χ2n) is 8.72. The zero-order valence-electron chi connectivity index (χ0n) is 19.9. The highest BCUT2D eigenvalue weighted by Gasteiger charge is 2.32. The van der Waals surface area contributed by atoms with Gasteiger partial charge in [-0.25, -0.2) is 4.79 Å². The summed E-state index contributed by atoms with van der Waals surface area (Å²) < 4.78 is 17.0. The molecule has 1 atom stereocenters. The molecule has 0 radical (unpaired) electrons. The summed E-state index contributed by atoms with van der Waals surface area (Å²) in [6.07, 6.45) is 0.706. The highest BCUT2D eigenvalue weighted by Crippen LogP contribution is 2.26. The van der Waals surface area contributed by atoms with Crippen LogP contribution in [0.25, 0.3) is 0 Å². The Bertz CT molecular complexity index is 1010. The average Bonchev–Trinajstić information content (AvgIpc) is 3.24. The van der Waals surface area contributed by atoms with Gasteiger partial charge in [-0.2, -0.15) is 0 Å². The fourth-order valence-corrected chi connectivity index (χ4v) is 4.14. The lowest BCUT2D eigenvalue weighted by molar-refractivity contribution is -0.138. The van der Waals surface area contributed by atoms with Crippen LogP contribution in [0.5, 0.6) is 5.75 Å². The van der Waals surface area contributed by atoms with E-state index in [2.05, 4.69) is 5.32 Å². The van der Waals surface area contributed by atoms with E-state index in [1.165, 1.54) is 6.92 Å². The number of hydrogen-bond acceptors (Lipinski definition) is 6. The van der Waals surface area contributed by atoms with Crippen LogP contribution in [0.3, 0.4) is 0 Å². The molecule has 2 aliphatic heterocycles. The van der Waals surface area contributed by atoms with Crippen molar-refractivity contribution in [3.63, 3.8) is 0 Å². The second-order valence-corrected chi connectivity index (χ2v) is 8.72. The van der Waals surface area contributed by atoms with Crippen molar-refractivity contribution in [1.29, 1.82) is 0 Å². The minimum absolute atomic E-state index is 0.00181. The molecule has 186 valence electrons. The molecule has 0 spiro atoms. The smallest absolute Gasteiger partial charge is 0.414 e. The number of cyclic esters (lactones) is 1. The average molecular weight is 482 g/mol. The third-order valence-electron chi connectivity index (χ3n) is 6.04. The molecule has 9 heteroatoms. The largest absolute Gasteiger partial charge is 0.490 e. The molecule has 4 rings (SSSR count). The number of hydrogen-bond donors (Lipinski definition) is 1. The van der Waals surface area contributed by atoms with Gasteiger partial charge in [-0.15, -0.1) is 0 Å². The first-order valence-corrected chi connectivity index (χ1v) is 11.9. The number of carbonyl (C=O) groups excluding carboxylic acids is 3. The number of carbonyl (C=O) groups is 3. The fraction of sp³-hybridized carbons (Fsp3) is 0.423. The van der Waals surface area contributed by atoms with E-state index in [-0.39, 0.29) is 30.6 Å². The maximum atomic E-state index is 12.4. The molecule has 0 unspecified atom stereocenters. The van der Waals surface area contributed by atoms with Gasteiger partial charge in [0.2, 0.25) is 11.8 Å². The molecule has 0 aliphatic carbocycles. The van der Waals surface area contributed by atoms with E-state index in [1.807, 2.05) is 59.5 Å². The van der Waals surface area contributed by atoms with Crippen LogP contribution < -0.4 is 15.0 Å². The summed E-state index contributed by atoms with van der Waals surface area (Å²) in [4.78, 5) is 39.1. The third-order valence-corrected chi connectivity index (χ3v) is 6.04. The van der Waals surface area contributed by atoms with Crippen molar-refractivity contribution in [2.45, 2.75) is 38.6 Å². The zero-order valence-corrected chi connectivity index (χ0v) is 19.9. The van der Waals surface area contributed by atoms with Gasteiger partial charge < -0.3 is 24.4 Å². The fourth-order valence-electron chi connectivity index (χ4n) is 4.14. The van der Waals surface area contributed by atoms with Crippen molar-refractivity contribution < 1.29 is 28.6 Å². The van der Waals surface area contributed by atoms with Gasteiger partial charge in [-0.3, -0.25) is 14.5 Å². The van der Waals surface area contributed by atoms with Crippen molar-refractivity contribution in [2.75, 3.05) is 37.7 Å². The van der Waals surface area contributed by atoms with Crippen LogP contribution in [0.1, 0.15) is 25.3 Å². The number of piperidine rings is 1. The first kappa shape index (κ1) is 24.5. The monoisotopic (exact) mass is 481 g/mol. The Balaban J connectivity index is 1.18. The van der Waals surface area contributed by atoms with E-state index in [1.54, 1.807) is 4.90 Å². The number of benzene rings is 2. The van der Waals surface area contributed by atoms with Gasteiger partial charge in [0.25, 0.3) is 0 Å². The first-order chi connectivity index (χ1) is 17.0. The van der Waals surface area contributed by atoms with Crippen LogP contribution in [-0.2, 0) is 25.7 Å². The maximum Gasteiger partial charge on any atom is 0.414 e. The van der Waals surface area contributed by atoms with Crippen molar-refractivity contribution >= 4 is 23.6 Å². The Morgan fingerprint density at radius 3 is 2.46 bits per heavy atom. The second kappa shape index (κ2) is 11.7. The molecule has 2 aromatic carbocycles. The maximum absolute atomic E-state index is 12.4. The summed E-state index contributed by atoms with van der Waals surface area (Å²) in [6.45, 7) is 3.85. The van der Waals surface area contributed by atoms with Crippen molar-refractivity contribution in [1.82, 2.24) is 10.2 Å². The van der Waals surface area contributed by atoms with Gasteiger partial charge in [0.1, 0.15) is 24.6 Å². The number of amides is 3. The molecule has 1 N–H and O–H groups in total. The van der Waals surface area contributed by atoms with Crippen LogP contribution in [0.15, 0.2) is 54.6 Å². The van der Waals surface area contributed by atoms with E-state index in [0.29, 0.717) is 44.2 Å². The summed E-state index contributed by atoms with van der Waals surface area (Å²) in [5, 5.41) is 2.67. The Morgan fingerprint density at radius 2 is 1.77 bits per heavy atom. The molecular formula is C26H31N3O6. The Labute approximate surface area is 204 Å². The number of ether oxygens (including phenoxy) is 3. The molecule has 35 heavy (non-hydrogen) atoms. The summed E-state index contributed by atoms with van der Waals surface area (Å²) in [5.74, 6) is 0.553. The molecule has 2 saturated heterocycles. The molecule has 0 saturated carbocycles. The highest BCUT2D eigenvalue weighted by molar-refractivity contribution is 5.89. The Hall–Kier alpha value is -3.59. The van der Waals surface area contributed by atoms with Gasteiger partial charge in [-0.05, 0) is 29.8 Å². The molecular weight excluding hydrogens is 450 g/mol. The minimum Gasteiger partial charge on any atom is -0.490 e. The van der Waals surface area contributed by atoms with E-state index in [9.17, 15) is 14.4 Å². The predicted molar refractivity (Wildman–Crippen MR) is 129 cm³/mol. The van der Waals surface area contributed by atoms with Crippen molar-refractivity contribution in [3.8, 4) is 5.75 Å². The van der Waals surface area contributed by atoms with Gasteiger partial charge in [0.05, 0.1) is 19.7 Å². The first-order valence-electron chi connectivity index (χ1n) is 11.9. The number of likely N-dealkylation sites (tertiary alicyclic amines) is 1. The van der Waals surface area contributed by atoms with Gasteiger partial charge in [0, 0.05) is 38.5 Å². The molecule has 0 aromatic heterocycles. The molecule has 2 heterocycles. The molecule has 0 bridgehead atoms. The van der Waals surface area contributed by atoms with Gasteiger partial charge in [-0.1, -0.05) is 30.3 Å². The lowest BCUT2D eigenvalue weighted by Gasteiger charge is -2.32. The van der Waals surface area contributed by atoms with Crippen LogP contribution in [-0.4, -0.2) is 67.8 Å². The SMILES string of the molecule is CC(=O)NC[C@H]1CN(c2ccc(OC3CCN(C(=O)COCc4ccccc4)CC3)cc2)C(=O)O1. The van der Waals surface area contributed by atoms with E-state index in [4.69, 9.17) is 14.2 Å². The Kier molecular flexibility index (Phi) is 8.20. The van der Waals surface area contributed by atoms with Gasteiger partial charge in [0.15, 0.2) is 0 Å². The third kappa shape index (κ3) is 6.95. The normalized spacial score (nSPS) is 18.3. The zero-order chi connectivity index (χ0) is 24.6. The number of rotatable bonds is 9. The van der Waals surface area contributed by atoms with E-state index in [0.717, 1.165) is 18.4 Å². The molecule has 3 amide bonds. The molecule has 2 aliphatic rings. The summed E-state index contributed by atoms with van der Waals surface area (Å²) >= 11 is 0. The summed E-state index contributed by atoms with van der Waals surface area (Å²) in [5.41, 5.74) is 1.76. The Morgan fingerprint density at radius 1 is 1.06 bits per heavy atom. The topological polar surface area (TPSA) is 97.4 Å². The number of nitrogens with one attached hydrogen (secondary N) is 1. The molecule has 9 nitrogen and oxygen atoms in total. The standard InChI is InChI=1S/C26H31N3O6/c1-19(30)27-15-24-16-29(26(32)35-24)21-7-9-22(10-8-21)34-23-11-13-28(14-12-23)25(31)18-33-17-20-5-3-2-4-6-20/h2-10,23-24H,11-18H2,1H3,(H,27,30)/t24-/m0/s1. The highest BCUT2D eigenvalue weighted by atomic mass is 16.6. The van der Waals surface area contributed by atoms with E-state index >= 15 is 0 Å². The lowest BCUT2D eigenvalue weighted by Crippen LogP contribution is -2.43. The number of nitrogens with zero attached hydrogens (tertiary/aromatic N) is 2. The van der Waals surface area contributed by atoms with E-state index < -0.39 is 6.09 Å². The van der Waals surface area contributed by atoms with Crippen molar-refractivity contribution in [3.05, 3.63) is 60.2 Å². The van der Waals surface area contributed by atoms with Crippen LogP contribution >= 0.6 is 0 Å². The summed E-state index contributed by atoms with van der Waals surface area (Å²) in [6, 6.07) is 17.1. The molecule has 2 fully saturated rings. The van der Waals surface area contributed by atoms with Gasteiger partial charge >= 0.3 is 6.09 Å². The quantitative estimate of drug-likeness (QED) is 0.592. The number of anilines is 1. The minimum atomic E-state index is -0.432. The van der Waals surface area contributed by atoms with Crippen molar-refractivity contribution in [2.24, 2.45) is 0 Å². The van der Waals surface area contributed by atoms with Crippen LogP contribution in [0, 0.1) is 0 Å². The van der Waals surface area contributed by atoms with Crippen LogP contribution in [0.4, 0.5) is 10.5 Å². The molecule has 2 aromatic rings. The van der Waals surface area contributed by atoms with Crippen LogP contribution in [0.2, 0.25) is 0 Å².